The molecule has 0 saturated carbocycles. The average molecular weight is 1710 g/mol. The van der Waals surface area contributed by atoms with Crippen LogP contribution in [-0.4, -0.2) is 137 Å². The van der Waals surface area contributed by atoms with E-state index in [0.29, 0.717) is 68.7 Å². The third-order valence-corrected chi connectivity index (χ3v) is 21.9. The van der Waals surface area contributed by atoms with Crippen molar-refractivity contribution in [2.24, 2.45) is 5.92 Å². The molecule has 1 saturated heterocycles. The van der Waals surface area contributed by atoms with Gasteiger partial charge < -0.3 is 72.8 Å². The van der Waals surface area contributed by atoms with Gasteiger partial charge in [0, 0.05) is 109 Å². The van der Waals surface area contributed by atoms with Gasteiger partial charge in [0.15, 0.2) is 28.3 Å². The van der Waals surface area contributed by atoms with Crippen molar-refractivity contribution in [1.29, 1.82) is 5.26 Å². The standard InChI is InChI=1S/C21H24FN5O2.C21H15N3O2.C20H21NO2.C18H16FNO3.C17H15FN2O3S/c22-17-2-3-19-18(11-17)15(12-25-19)4-8-27-13-16(10-20(27)28)21(29)24-5-1-7-26-9-6-23-14-26;22-12-16(21-23-17-9-3-4-10-18(17)24-21)19(25)13-26-20-11-5-7-14-6-1-2-8-15(14)20;1-15-7-2-3-8-16(15)13-21-14-17(9-6-12-20(22)23)18-10-4-5-11-19(18)21;19-14-5-3-13(4-6-14)17-9-7-15(8-10-18(21)22)20(17)12-16-2-1-11-23-16;18-12-5-1-4-8-15(12)23-10-9-20-14-7-3-2-6-13(14)19-17(20)24-11-16(21)22/h2-3,6,9,11-12,14,16,25H,1,4-5,7-8,10,13H2,(H,24,29);1-11,25H,13H2,(H,23,24);2-5,7-8,10-11,14H,6,9,12-13H2,1H3,(H,22,23);1-7,9,11H,8,10,12H2,(H,21,22);1-8H,9-11H2,(H,21,22)/t16-;;;;/m0..../s1. The maximum absolute atomic E-state index is 13.6. The number of nitrogens with zero attached hydrogens (tertiary/aromatic N) is 9. The summed E-state index contributed by atoms with van der Waals surface area (Å²) in [6.07, 6.45) is 14.9. The molecule has 1 aliphatic rings. The van der Waals surface area contributed by atoms with E-state index in [1.54, 1.807) is 60.1 Å². The molecule has 125 heavy (non-hydrogen) atoms. The number of nitriles is 1. The number of carbonyl (C=O) groups is 5. The van der Waals surface area contributed by atoms with Crippen molar-refractivity contribution >= 4 is 102 Å². The van der Waals surface area contributed by atoms with Crippen molar-refractivity contribution in [2.75, 3.05) is 38.6 Å². The van der Waals surface area contributed by atoms with Crippen LogP contribution in [-0.2, 0) is 69.4 Å². The van der Waals surface area contributed by atoms with Crippen LogP contribution in [0, 0.1) is 41.6 Å². The number of aliphatic hydroxyl groups is 1. The second kappa shape index (κ2) is 43.1. The number of para-hydroxylation sites is 6. The molecular weight excluding hydrogens is 1610 g/mol. The number of hydrogen-bond donors (Lipinski definition) is 7. The van der Waals surface area contributed by atoms with E-state index in [-0.39, 0.29) is 84.7 Å². The Labute approximate surface area is 721 Å². The lowest BCUT2D eigenvalue weighted by Gasteiger charge is -2.16. The summed E-state index contributed by atoms with van der Waals surface area (Å²) in [7, 11) is 0. The number of aromatic amines is 2. The maximum atomic E-state index is 13.6. The Balaban J connectivity index is 0.000000134. The normalized spacial score (nSPS) is 12.5. The number of halogens is 3. The first kappa shape index (κ1) is 88.0. The molecule has 0 radical (unpaired) electrons. The molecule has 0 spiro atoms. The number of thioether (sulfide) groups is 1. The first-order chi connectivity index (χ1) is 60.8. The molecule has 28 heteroatoms. The lowest BCUT2D eigenvalue weighted by atomic mass is 10.1. The molecule has 24 nitrogen and oxygen atoms in total. The Morgan fingerprint density at radius 1 is 0.640 bits per heavy atom. The number of benzene rings is 9. The second-order valence-electron chi connectivity index (χ2n) is 29.5. The number of amides is 2. The summed E-state index contributed by atoms with van der Waals surface area (Å²) in [6.45, 7) is 6.37. The Kier molecular flexibility index (Phi) is 30.3. The summed E-state index contributed by atoms with van der Waals surface area (Å²) in [5.74, 6) is -2.11. The van der Waals surface area contributed by atoms with Gasteiger partial charge in [-0.05, 0) is 187 Å². The lowest BCUT2D eigenvalue weighted by molar-refractivity contribution is -0.138. The number of ether oxygens (including phenoxy) is 2. The van der Waals surface area contributed by atoms with Crippen LogP contribution in [0.4, 0.5) is 13.2 Å². The Hall–Kier alpha value is -14.9. The van der Waals surface area contributed by atoms with Crippen molar-refractivity contribution in [1.82, 2.24) is 53.4 Å². The number of H-pyrrole nitrogens is 2. The summed E-state index contributed by atoms with van der Waals surface area (Å²) >= 11 is 1.15. The van der Waals surface area contributed by atoms with Gasteiger partial charge in [0.1, 0.15) is 48.0 Å². The lowest BCUT2D eigenvalue weighted by Crippen LogP contribution is -2.34. The average Bonchev–Trinajstić information content (AvgIpc) is 1.63. The van der Waals surface area contributed by atoms with Gasteiger partial charge in [0.05, 0.1) is 65.8 Å². The third-order valence-electron chi connectivity index (χ3n) is 20.9. The molecule has 7 aromatic heterocycles. The van der Waals surface area contributed by atoms with Crippen LogP contribution in [0.3, 0.4) is 0 Å². The fraction of sp³-hybridized carbons (Fsp3) is 0.206. The summed E-state index contributed by atoms with van der Waals surface area (Å²) in [5, 5.41) is 54.1. The molecule has 0 unspecified atom stereocenters. The number of fused-ring (bicyclic) bond motifs is 5. The third kappa shape index (κ3) is 23.9. The Bertz CT molecular complexity index is 6410. The van der Waals surface area contributed by atoms with Gasteiger partial charge in [-0.15, -0.1) is 0 Å². The zero-order valence-corrected chi connectivity index (χ0v) is 69.1. The summed E-state index contributed by atoms with van der Waals surface area (Å²) in [5.41, 5.74) is 12.9. The van der Waals surface area contributed by atoms with Crippen LogP contribution < -0.4 is 14.8 Å². The van der Waals surface area contributed by atoms with Crippen LogP contribution in [0.1, 0.15) is 71.6 Å². The fourth-order valence-corrected chi connectivity index (χ4v) is 15.4. The molecule has 8 heterocycles. The molecule has 16 aromatic rings. The summed E-state index contributed by atoms with van der Waals surface area (Å²) in [4.78, 5) is 77.8. The Morgan fingerprint density at radius 3 is 2.13 bits per heavy atom. The van der Waals surface area contributed by atoms with E-state index in [1.807, 2.05) is 153 Å². The van der Waals surface area contributed by atoms with E-state index < -0.39 is 23.7 Å². The van der Waals surface area contributed by atoms with E-state index in [2.05, 4.69) is 90.4 Å². The molecule has 0 aliphatic carbocycles. The van der Waals surface area contributed by atoms with Gasteiger partial charge in [0.25, 0.3) is 0 Å². The first-order valence-corrected chi connectivity index (χ1v) is 41.6. The minimum absolute atomic E-state index is 0.00501. The second-order valence-corrected chi connectivity index (χ2v) is 30.4. The number of imidazole rings is 3. The molecule has 1 aliphatic heterocycles. The number of aliphatic hydroxyl groups excluding tert-OH is 1. The number of carboxylic acids is 3. The van der Waals surface area contributed by atoms with Gasteiger partial charge >= 0.3 is 17.9 Å². The highest BCUT2D eigenvalue weighted by atomic mass is 32.2. The van der Waals surface area contributed by atoms with Crippen molar-refractivity contribution in [3.8, 4) is 28.8 Å². The van der Waals surface area contributed by atoms with Gasteiger partial charge in [0.2, 0.25) is 11.8 Å². The number of aryl methyl sites for hydroxylation is 4. The quantitative estimate of drug-likeness (QED) is 0.00918. The van der Waals surface area contributed by atoms with Gasteiger partial charge in [-0.3, -0.25) is 24.0 Å². The molecular formula is C97H91F3N12O12S. The van der Waals surface area contributed by atoms with Gasteiger partial charge in [-0.25, -0.2) is 28.1 Å². The molecule has 7 N–H and O–H groups in total. The molecule has 0 bridgehead atoms. The number of carbonyl (C=O) groups excluding carboxylic acids is 2. The zero-order valence-electron chi connectivity index (χ0n) is 68.3. The number of rotatable bonds is 31. The van der Waals surface area contributed by atoms with Crippen molar-refractivity contribution in [3.05, 3.63) is 331 Å². The van der Waals surface area contributed by atoms with Crippen molar-refractivity contribution in [2.45, 2.75) is 89.6 Å². The molecule has 1 atom stereocenters. The molecule has 1 fully saturated rings. The van der Waals surface area contributed by atoms with Gasteiger partial charge in [-0.2, -0.15) is 5.26 Å². The smallest absolute Gasteiger partial charge is 0.313 e. The number of hydrogen-bond acceptors (Lipinski definition) is 14. The van der Waals surface area contributed by atoms with E-state index >= 15 is 0 Å². The van der Waals surface area contributed by atoms with E-state index in [4.69, 9.17) is 29.2 Å². The highest BCUT2D eigenvalue weighted by molar-refractivity contribution is 7.99. The highest BCUT2D eigenvalue weighted by Gasteiger charge is 2.34. The first-order valence-electron chi connectivity index (χ1n) is 40.6. The summed E-state index contributed by atoms with van der Waals surface area (Å²) < 4.78 is 65.0. The number of likely N-dealkylation sites (tertiary alicyclic amines) is 1. The fourth-order valence-electron chi connectivity index (χ4n) is 14.6. The van der Waals surface area contributed by atoms with Crippen LogP contribution in [0.5, 0.6) is 11.5 Å². The predicted octanol–water partition coefficient (Wildman–Crippen LogP) is 18.5. The number of furan rings is 1. The minimum atomic E-state index is -0.902. The maximum Gasteiger partial charge on any atom is 0.313 e. The predicted molar refractivity (Wildman–Crippen MR) is 474 cm³/mol. The van der Waals surface area contributed by atoms with Crippen LogP contribution >= 0.6 is 11.8 Å². The van der Waals surface area contributed by atoms with Crippen molar-refractivity contribution in [3.63, 3.8) is 0 Å². The SMILES string of the molecule is Cc1ccccc1Cn1cc(CCCC(=O)O)c2ccccc21.N#CC(=C(O)COc1cccc2ccccc12)c1nc2ccccc2[nH]1.O=C(NCCCn1ccnc1)[C@H]1CC(=O)N(CCc2c[nH]c3ccc(F)cc23)C1.O=C(O)CCc1ccc(-c2ccc(F)cc2)n1Cc1ccco1.O=C(O)CSc1nc2ccccc2n1CCOc1ccccc1F. The van der Waals surface area contributed by atoms with Gasteiger partial charge in [-0.1, -0.05) is 127 Å². The van der Waals surface area contributed by atoms with E-state index in [9.17, 15) is 47.5 Å². The van der Waals surface area contributed by atoms with Crippen LogP contribution in [0.25, 0.3) is 71.5 Å². The number of carboxylic acid groups (broad SMARTS) is 3. The topological polar surface area (TPSA) is 327 Å². The number of aliphatic carboxylic acids is 3. The monoisotopic (exact) mass is 1700 g/mol. The zero-order chi connectivity index (χ0) is 87.6. The molecule has 638 valence electrons. The molecule has 2 amide bonds. The van der Waals surface area contributed by atoms with E-state index in [1.165, 1.54) is 57.9 Å². The minimum Gasteiger partial charge on any atom is -0.507 e. The number of aromatic nitrogens is 9. The molecule has 9 aromatic carbocycles. The number of allylic oxidation sites excluding steroid dienone is 1. The Morgan fingerprint density at radius 2 is 1.37 bits per heavy atom. The van der Waals surface area contributed by atoms with Crippen LogP contribution in [0.2, 0.25) is 0 Å². The largest absolute Gasteiger partial charge is 0.507 e. The summed E-state index contributed by atoms with van der Waals surface area (Å²) in [6, 6.07) is 72.0. The number of nitrogens with one attached hydrogen (secondary N) is 3. The van der Waals surface area contributed by atoms with E-state index in [0.717, 1.165) is 110 Å². The molecule has 17 rings (SSSR count). The van der Waals surface area contributed by atoms with Crippen molar-refractivity contribution < 1.29 is 71.5 Å². The van der Waals surface area contributed by atoms with Crippen LogP contribution in [0.15, 0.2) is 283 Å². The highest BCUT2D eigenvalue weighted by Crippen LogP contribution is 2.32.